The van der Waals surface area contributed by atoms with E-state index in [0.717, 1.165) is 40.2 Å². The van der Waals surface area contributed by atoms with Gasteiger partial charge in [-0.05, 0) is 23.8 Å². The van der Waals surface area contributed by atoms with Gasteiger partial charge in [0, 0.05) is 48.4 Å². The molecule has 4 N–H and O–H groups in total. The van der Waals surface area contributed by atoms with Crippen LogP contribution >= 0.6 is 11.3 Å². The number of hydrogen-bond acceptors (Lipinski definition) is 7. The number of nitrogens with one attached hydrogen (secondary N) is 2. The zero-order valence-corrected chi connectivity index (χ0v) is 23.0. The quantitative estimate of drug-likeness (QED) is 0.279. The summed E-state index contributed by atoms with van der Waals surface area (Å²) < 4.78 is 1.96. The number of nitrogens with zero attached hydrogens (tertiary/aromatic N) is 4. The summed E-state index contributed by atoms with van der Waals surface area (Å²) in [5, 5.41) is 8.25. The van der Waals surface area contributed by atoms with Crippen LogP contribution in [0.2, 0.25) is 0 Å². The molecule has 0 bridgehead atoms. The Hall–Kier alpha value is -5.27. The average molecular weight is 560 g/mol. The summed E-state index contributed by atoms with van der Waals surface area (Å²) in [5.41, 5.74) is 12.8. The molecular weight excluding hydrogens is 534 g/mol. The highest BCUT2D eigenvalue weighted by atomic mass is 32.1. The third-order valence-corrected chi connectivity index (χ3v) is 7.51. The van der Waals surface area contributed by atoms with Crippen LogP contribution in [-0.2, 0) is 24.7 Å². The molecule has 0 radical (unpaired) electrons. The molecule has 0 atom stereocenters. The predicted octanol–water partition coefficient (Wildman–Crippen LogP) is 4.05. The molecule has 9 nitrogen and oxygen atoms in total. The van der Waals surface area contributed by atoms with Crippen molar-refractivity contribution in [3.8, 4) is 34.5 Å². The van der Waals surface area contributed by atoms with Gasteiger partial charge in [-0.2, -0.15) is 0 Å². The number of amides is 2. The summed E-state index contributed by atoms with van der Waals surface area (Å²) in [4.78, 5) is 38.3. The molecule has 202 valence electrons. The fourth-order valence-corrected chi connectivity index (χ4v) is 5.50. The number of nitrogen functional groups attached to an aromatic ring is 1. The number of carbonyl (C=O) groups excluding carboxylic acids is 2. The number of thiazole rings is 1. The third kappa shape index (κ3) is 5.57. The highest BCUT2D eigenvalue weighted by Gasteiger charge is 2.24. The van der Waals surface area contributed by atoms with Crippen LogP contribution in [0.15, 0.2) is 72.2 Å². The summed E-state index contributed by atoms with van der Waals surface area (Å²) in [7, 11) is 1.91. The van der Waals surface area contributed by atoms with E-state index >= 15 is 0 Å². The number of aromatic nitrogens is 4. The van der Waals surface area contributed by atoms with E-state index in [-0.39, 0.29) is 24.2 Å². The lowest BCUT2D eigenvalue weighted by Gasteiger charge is -2.14. The fraction of sp³-hybridized carbons (Fsp3) is 0.129. The van der Waals surface area contributed by atoms with Gasteiger partial charge in [-0.25, -0.2) is 15.0 Å². The van der Waals surface area contributed by atoms with Crippen LogP contribution in [0.1, 0.15) is 32.7 Å². The molecule has 0 unspecified atom stereocenters. The Morgan fingerprint density at radius 3 is 2.80 bits per heavy atom. The maximum Gasteiger partial charge on any atom is 0.253 e. The van der Waals surface area contributed by atoms with Crippen LogP contribution in [0, 0.1) is 11.8 Å². The Kier molecular flexibility index (Phi) is 7.02. The standard InChI is InChI=1S/C31H25N7O2S/c1-38-25-12-13-33-29(40)23(25)16-26(38)28-22(17-34-30(32)37-28)11-10-19-6-5-7-20(14-19)15-27(39)36-31-35-24(18-41-31)21-8-3-2-4-9-21/h2-9,14,16-18H,12-13,15H2,1H3,(H,33,40)(H2,32,34,37)(H,35,36,39). The molecule has 0 saturated carbocycles. The Morgan fingerprint density at radius 2 is 1.98 bits per heavy atom. The van der Waals surface area contributed by atoms with Crippen molar-refractivity contribution in [1.82, 2.24) is 24.8 Å². The SMILES string of the molecule is Cn1c(-c2nc(N)ncc2C#Cc2cccc(CC(=O)Nc3nc(-c4ccccc4)cs3)c2)cc2c1CCNC2=O. The maximum absolute atomic E-state index is 12.8. The minimum atomic E-state index is -0.157. The molecule has 0 saturated heterocycles. The van der Waals surface area contributed by atoms with E-state index in [2.05, 4.69) is 37.4 Å². The third-order valence-electron chi connectivity index (χ3n) is 6.75. The van der Waals surface area contributed by atoms with Gasteiger partial charge >= 0.3 is 0 Å². The van der Waals surface area contributed by atoms with E-state index in [1.165, 1.54) is 11.3 Å². The van der Waals surface area contributed by atoms with E-state index in [4.69, 9.17) is 5.73 Å². The number of anilines is 2. The molecule has 1 aliphatic rings. The first-order valence-electron chi connectivity index (χ1n) is 13.0. The highest BCUT2D eigenvalue weighted by molar-refractivity contribution is 7.14. The molecule has 2 amide bonds. The summed E-state index contributed by atoms with van der Waals surface area (Å²) in [5.74, 6) is 6.19. The van der Waals surface area contributed by atoms with Gasteiger partial charge < -0.3 is 20.9 Å². The lowest BCUT2D eigenvalue weighted by molar-refractivity contribution is -0.115. The van der Waals surface area contributed by atoms with Gasteiger partial charge in [0.05, 0.1) is 28.9 Å². The summed E-state index contributed by atoms with van der Waals surface area (Å²) >= 11 is 1.39. The molecule has 6 rings (SSSR count). The van der Waals surface area contributed by atoms with Crippen molar-refractivity contribution >= 4 is 34.2 Å². The zero-order chi connectivity index (χ0) is 28.3. The molecule has 2 aromatic carbocycles. The van der Waals surface area contributed by atoms with Crippen LogP contribution < -0.4 is 16.4 Å². The average Bonchev–Trinajstić information content (AvgIpc) is 3.58. The molecule has 0 aliphatic carbocycles. The van der Waals surface area contributed by atoms with Gasteiger partial charge in [0.25, 0.3) is 5.91 Å². The van der Waals surface area contributed by atoms with Crippen molar-refractivity contribution in [2.75, 3.05) is 17.6 Å². The lowest BCUT2D eigenvalue weighted by Crippen LogP contribution is -2.31. The summed E-state index contributed by atoms with van der Waals surface area (Å²) in [6.07, 6.45) is 2.50. The number of carbonyl (C=O) groups is 2. The van der Waals surface area contributed by atoms with Crippen molar-refractivity contribution in [3.63, 3.8) is 0 Å². The molecule has 10 heteroatoms. The second-order valence-electron chi connectivity index (χ2n) is 9.52. The van der Waals surface area contributed by atoms with Crippen molar-refractivity contribution < 1.29 is 9.59 Å². The number of rotatable bonds is 5. The zero-order valence-electron chi connectivity index (χ0n) is 22.1. The van der Waals surface area contributed by atoms with Crippen LogP contribution in [-0.4, -0.2) is 37.9 Å². The van der Waals surface area contributed by atoms with Gasteiger partial charge in [0.2, 0.25) is 11.9 Å². The van der Waals surface area contributed by atoms with Crippen molar-refractivity contribution in [3.05, 3.63) is 100 Å². The number of benzene rings is 2. The second-order valence-corrected chi connectivity index (χ2v) is 10.4. The Morgan fingerprint density at radius 1 is 1.12 bits per heavy atom. The molecule has 0 spiro atoms. The topological polar surface area (TPSA) is 128 Å². The van der Waals surface area contributed by atoms with E-state index in [9.17, 15) is 9.59 Å². The van der Waals surface area contributed by atoms with E-state index in [1.807, 2.05) is 77.7 Å². The van der Waals surface area contributed by atoms with Gasteiger partial charge in [-0.3, -0.25) is 9.59 Å². The molecule has 0 fully saturated rings. The fourth-order valence-electron chi connectivity index (χ4n) is 4.76. The molecule has 1 aliphatic heterocycles. The van der Waals surface area contributed by atoms with E-state index < -0.39 is 0 Å². The number of fused-ring (bicyclic) bond motifs is 1. The lowest BCUT2D eigenvalue weighted by atomic mass is 10.1. The van der Waals surface area contributed by atoms with Gasteiger partial charge in [-0.1, -0.05) is 54.3 Å². The summed E-state index contributed by atoms with van der Waals surface area (Å²) in [6, 6.07) is 19.2. The predicted molar refractivity (Wildman–Crippen MR) is 159 cm³/mol. The van der Waals surface area contributed by atoms with E-state index in [1.54, 1.807) is 6.20 Å². The Balaban J connectivity index is 1.20. The first kappa shape index (κ1) is 26.0. The van der Waals surface area contributed by atoms with Gasteiger partial charge in [0.1, 0.15) is 5.69 Å². The molecule has 5 aromatic rings. The largest absolute Gasteiger partial charge is 0.368 e. The van der Waals surface area contributed by atoms with Crippen molar-refractivity contribution in [2.24, 2.45) is 7.05 Å². The summed E-state index contributed by atoms with van der Waals surface area (Å²) in [6.45, 7) is 0.592. The van der Waals surface area contributed by atoms with Crippen LogP contribution in [0.5, 0.6) is 0 Å². The minimum Gasteiger partial charge on any atom is -0.368 e. The van der Waals surface area contributed by atoms with Crippen LogP contribution in [0.25, 0.3) is 22.6 Å². The first-order chi connectivity index (χ1) is 19.9. The Labute approximate surface area is 240 Å². The van der Waals surface area contributed by atoms with E-state index in [0.29, 0.717) is 28.5 Å². The second kappa shape index (κ2) is 11.1. The number of hydrogen-bond donors (Lipinski definition) is 3. The van der Waals surface area contributed by atoms with Crippen molar-refractivity contribution in [1.29, 1.82) is 0 Å². The first-order valence-corrected chi connectivity index (χ1v) is 13.8. The van der Waals surface area contributed by atoms with Crippen molar-refractivity contribution in [2.45, 2.75) is 12.8 Å². The minimum absolute atomic E-state index is 0.102. The normalized spacial score (nSPS) is 12.2. The molecule has 4 heterocycles. The molecule has 41 heavy (non-hydrogen) atoms. The van der Waals surface area contributed by atoms with Gasteiger partial charge in [-0.15, -0.1) is 11.3 Å². The number of nitrogens with two attached hydrogens (primary N) is 1. The molecular formula is C31H25N7O2S. The Bertz CT molecular complexity index is 1850. The maximum atomic E-state index is 12.8. The molecule has 3 aromatic heterocycles. The van der Waals surface area contributed by atoms with Crippen LogP contribution in [0.3, 0.4) is 0 Å². The van der Waals surface area contributed by atoms with Crippen LogP contribution in [0.4, 0.5) is 11.1 Å². The van der Waals surface area contributed by atoms with Gasteiger partial charge in [0.15, 0.2) is 5.13 Å². The smallest absolute Gasteiger partial charge is 0.253 e. The highest BCUT2D eigenvalue weighted by Crippen LogP contribution is 2.28. The monoisotopic (exact) mass is 559 g/mol.